The highest BCUT2D eigenvalue weighted by molar-refractivity contribution is 5.88. The number of aromatic nitrogens is 1. The van der Waals surface area contributed by atoms with E-state index in [-0.39, 0.29) is 11.4 Å². The second-order valence-corrected chi connectivity index (χ2v) is 5.61. The van der Waals surface area contributed by atoms with Gasteiger partial charge in [0.25, 0.3) is 0 Å². The van der Waals surface area contributed by atoms with Gasteiger partial charge in [-0.1, -0.05) is 24.3 Å². The average Bonchev–Trinajstić information content (AvgIpc) is 2.61. The van der Waals surface area contributed by atoms with E-state index < -0.39 is 17.7 Å². The van der Waals surface area contributed by atoms with Crippen molar-refractivity contribution in [2.75, 3.05) is 5.73 Å². The summed E-state index contributed by atoms with van der Waals surface area (Å²) in [5.74, 6) is -0.840. The highest BCUT2D eigenvalue weighted by atomic mass is 19.4. The summed E-state index contributed by atoms with van der Waals surface area (Å²) >= 11 is 0. The van der Waals surface area contributed by atoms with Crippen molar-refractivity contribution in [2.45, 2.75) is 6.18 Å². The summed E-state index contributed by atoms with van der Waals surface area (Å²) < 4.78 is 38.1. The zero-order chi connectivity index (χ0) is 18.9. The summed E-state index contributed by atoms with van der Waals surface area (Å²) in [4.78, 5) is 15.0. The molecule has 3 rings (SSSR count). The number of hydrogen-bond acceptors (Lipinski definition) is 3. The van der Waals surface area contributed by atoms with Gasteiger partial charge >= 0.3 is 12.1 Å². The Hall–Kier alpha value is -3.35. The van der Waals surface area contributed by atoms with E-state index in [0.717, 1.165) is 17.7 Å². The lowest BCUT2D eigenvalue weighted by Gasteiger charge is -2.11. The van der Waals surface area contributed by atoms with E-state index in [4.69, 9.17) is 10.8 Å². The molecule has 0 spiro atoms. The van der Waals surface area contributed by atoms with Gasteiger partial charge in [-0.05, 0) is 41.5 Å². The molecule has 0 amide bonds. The van der Waals surface area contributed by atoms with Crippen LogP contribution >= 0.6 is 0 Å². The van der Waals surface area contributed by atoms with Gasteiger partial charge in [0.05, 0.1) is 11.1 Å². The molecule has 7 heteroatoms. The first-order valence-electron chi connectivity index (χ1n) is 7.52. The first kappa shape index (κ1) is 17.5. The second-order valence-electron chi connectivity index (χ2n) is 5.61. The Balaban J connectivity index is 1.99. The van der Waals surface area contributed by atoms with Crippen LogP contribution in [0.4, 0.5) is 19.0 Å². The summed E-state index contributed by atoms with van der Waals surface area (Å²) in [6, 6.07) is 12.6. The molecule has 0 aliphatic carbocycles. The molecule has 1 aromatic heterocycles. The topological polar surface area (TPSA) is 76.2 Å². The van der Waals surface area contributed by atoms with E-state index in [0.29, 0.717) is 16.7 Å². The van der Waals surface area contributed by atoms with Crippen LogP contribution in [0, 0.1) is 0 Å². The van der Waals surface area contributed by atoms with Gasteiger partial charge < -0.3 is 10.8 Å². The Morgan fingerprint density at radius 1 is 0.923 bits per heavy atom. The van der Waals surface area contributed by atoms with Crippen molar-refractivity contribution >= 4 is 11.8 Å². The highest BCUT2D eigenvalue weighted by Crippen LogP contribution is 2.33. The van der Waals surface area contributed by atoms with Gasteiger partial charge in [-0.25, -0.2) is 9.78 Å². The molecule has 132 valence electrons. The maximum absolute atomic E-state index is 12.7. The van der Waals surface area contributed by atoms with Crippen LogP contribution < -0.4 is 5.73 Å². The van der Waals surface area contributed by atoms with E-state index in [1.807, 2.05) is 0 Å². The standard InChI is InChI=1S/C19H13F3N2O2/c20-19(21,22)15-7-5-12(6-8-15)16-9-14(10-24-17(16)23)11-1-3-13(4-2-11)18(25)26/h1-10H,(H2,23,24)(H,25,26). The van der Waals surface area contributed by atoms with Gasteiger partial charge in [0.15, 0.2) is 0 Å². The second kappa shape index (κ2) is 6.51. The van der Waals surface area contributed by atoms with Crippen molar-refractivity contribution in [2.24, 2.45) is 0 Å². The molecule has 0 atom stereocenters. The Morgan fingerprint density at radius 3 is 2.04 bits per heavy atom. The minimum atomic E-state index is -4.41. The fraction of sp³-hybridized carbons (Fsp3) is 0.0526. The van der Waals surface area contributed by atoms with Gasteiger partial charge in [-0.2, -0.15) is 13.2 Å². The highest BCUT2D eigenvalue weighted by Gasteiger charge is 2.30. The number of carboxylic acid groups (broad SMARTS) is 1. The van der Waals surface area contributed by atoms with Gasteiger partial charge in [-0.15, -0.1) is 0 Å². The van der Waals surface area contributed by atoms with Gasteiger partial charge in [-0.3, -0.25) is 0 Å². The number of carbonyl (C=O) groups is 1. The molecule has 0 aliphatic rings. The SMILES string of the molecule is Nc1ncc(-c2ccc(C(=O)O)cc2)cc1-c1ccc(C(F)(F)F)cc1. The summed E-state index contributed by atoms with van der Waals surface area (Å²) in [6.07, 6.45) is -2.88. The van der Waals surface area contributed by atoms with Crippen molar-refractivity contribution in [3.8, 4) is 22.3 Å². The third-order valence-corrected chi connectivity index (χ3v) is 3.91. The Kier molecular flexibility index (Phi) is 4.38. The van der Waals surface area contributed by atoms with Crippen molar-refractivity contribution in [1.29, 1.82) is 0 Å². The van der Waals surface area contributed by atoms with E-state index in [1.165, 1.54) is 30.5 Å². The van der Waals surface area contributed by atoms with E-state index >= 15 is 0 Å². The number of halogens is 3. The number of alkyl halides is 3. The largest absolute Gasteiger partial charge is 0.478 e. The smallest absolute Gasteiger partial charge is 0.416 e. The van der Waals surface area contributed by atoms with Crippen LogP contribution in [0.15, 0.2) is 60.8 Å². The van der Waals surface area contributed by atoms with Crippen LogP contribution in [-0.2, 0) is 6.18 Å². The van der Waals surface area contributed by atoms with Crippen LogP contribution in [0.2, 0.25) is 0 Å². The lowest BCUT2D eigenvalue weighted by atomic mass is 9.99. The number of nitrogens with two attached hydrogens (primary N) is 1. The first-order chi connectivity index (χ1) is 12.3. The molecule has 1 heterocycles. The third-order valence-electron chi connectivity index (χ3n) is 3.91. The number of nitrogens with zero attached hydrogens (tertiary/aromatic N) is 1. The van der Waals surface area contributed by atoms with Crippen molar-refractivity contribution in [3.63, 3.8) is 0 Å². The third kappa shape index (κ3) is 3.51. The van der Waals surface area contributed by atoms with E-state index in [1.54, 1.807) is 18.2 Å². The molecule has 0 saturated carbocycles. The number of hydrogen-bond donors (Lipinski definition) is 2. The summed E-state index contributed by atoms with van der Waals surface area (Å²) in [5, 5.41) is 8.95. The lowest BCUT2D eigenvalue weighted by molar-refractivity contribution is -0.137. The number of nitrogen functional groups attached to an aromatic ring is 1. The molecule has 0 bridgehead atoms. The summed E-state index contributed by atoms with van der Waals surface area (Å²) in [5.41, 5.74) is 7.68. The molecule has 0 aliphatic heterocycles. The predicted molar refractivity (Wildman–Crippen MR) is 91.5 cm³/mol. The minimum Gasteiger partial charge on any atom is -0.478 e. The van der Waals surface area contributed by atoms with Crippen molar-refractivity contribution in [3.05, 3.63) is 71.9 Å². The Bertz CT molecular complexity index is 950. The molecular weight excluding hydrogens is 345 g/mol. The number of aromatic carboxylic acids is 1. The van der Waals surface area contributed by atoms with Crippen molar-refractivity contribution < 1.29 is 23.1 Å². The minimum absolute atomic E-state index is 0.153. The molecule has 26 heavy (non-hydrogen) atoms. The molecule has 4 nitrogen and oxygen atoms in total. The van der Waals surface area contributed by atoms with Crippen LogP contribution in [0.3, 0.4) is 0 Å². The number of carboxylic acids is 1. The number of benzene rings is 2. The lowest BCUT2D eigenvalue weighted by Crippen LogP contribution is -2.04. The fourth-order valence-corrected chi connectivity index (χ4v) is 2.51. The number of anilines is 1. The van der Waals surface area contributed by atoms with Gasteiger partial charge in [0.2, 0.25) is 0 Å². The zero-order valence-electron chi connectivity index (χ0n) is 13.3. The van der Waals surface area contributed by atoms with Crippen LogP contribution in [0.1, 0.15) is 15.9 Å². The van der Waals surface area contributed by atoms with Crippen LogP contribution in [0.25, 0.3) is 22.3 Å². The summed E-state index contributed by atoms with van der Waals surface area (Å²) in [7, 11) is 0. The first-order valence-corrected chi connectivity index (χ1v) is 7.52. The van der Waals surface area contributed by atoms with Crippen molar-refractivity contribution in [1.82, 2.24) is 4.98 Å². The number of pyridine rings is 1. The van der Waals surface area contributed by atoms with E-state index in [9.17, 15) is 18.0 Å². The predicted octanol–water partition coefficient (Wildman–Crippen LogP) is 4.71. The monoisotopic (exact) mass is 358 g/mol. The average molecular weight is 358 g/mol. The molecule has 0 fully saturated rings. The normalized spacial score (nSPS) is 11.3. The molecule has 3 aromatic rings. The fourth-order valence-electron chi connectivity index (χ4n) is 2.51. The number of rotatable bonds is 3. The molecule has 0 saturated heterocycles. The molecule has 2 aromatic carbocycles. The quantitative estimate of drug-likeness (QED) is 0.711. The molecule has 0 radical (unpaired) electrons. The zero-order valence-corrected chi connectivity index (χ0v) is 13.3. The summed E-state index contributed by atoms with van der Waals surface area (Å²) in [6.45, 7) is 0. The van der Waals surface area contributed by atoms with Crippen LogP contribution in [0.5, 0.6) is 0 Å². The van der Waals surface area contributed by atoms with E-state index in [2.05, 4.69) is 4.98 Å². The molecule has 3 N–H and O–H groups in total. The maximum atomic E-state index is 12.7. The molecule has 0 unspecified atom stereocenters. The Morgan fingerprint density at radius 2 is 1.50 bits per heavy atom. The Labute approximate surface area is 146 Å². The van der Waals surface area contributed by atoms with Gasteiger partial charge in [0.1, 0.15) is 5.82 Å². The van der Waals surface area contributed by atoms with Crippen LogP contribution in [-0.4, -0.2) is 16.1 Å². The maximum Gasteiger partial charge on any atom is 0.416 e. The molecular formula is C19H13F3N2O2. The van der Waals surface area contributed by atoms with Gasteiger partial charge in [0, 0.05) is 17.3 Å².